The number of hydrogen-bond acceptors (Lipinski definition) is 2. The van der Waals surface area contributed by atoms with Crippen LogP contribution in [0.25, 0.3) is 0 Å². The summed E-state index contributed by atoms with van der Waals surface area (Å²) in [6.07, 6.45) is 0.526. The van der Waals surface area contributed by atoms with Gasteiger partial charge in [-0.1, -0.05) is 24.3 Å². The molecule has 1 unspecified atom stereocenters. The smallest absolute Gasteiger partial charge is 0.128 e. The minimum atomic E-state index is -0.194. The van der Waals surface area contributed by atoms with Gasteiger partial charge in [0, 0.05) is 30.0 Å². The zero-order valence-corrected chi connectivity index (χ0v) is 12.2. The monoisotopic (exact) mass is 272 g/mol. The minimum absolute atomic E-state index is 0.0732. The fourth-order valence-electron chi connectivity index (χ4n) is 2.46. The SMILES string of the molecule is Cc1ccccc1N(C)c1cccc(F)c1CC(C)N. The van der Waals surface area contributed by atoms with E-state index in [1.807, 2.05) is 43.1 Å². The molecular formula is C17H21FN2. The molecule has 106 valence electrons. The Morgan fingerprint density at radius 3 is 2.40 bits per heavy atom. The number of halogens is 1. The predicted molar refractivity (Wildman–Crippen MR) is 83.0 cm³/mol. The average molecular weight is 272 g/mol. The summed E-state index contributed by atoms with van der Waals surface area (Å²) in [6.45, 7) is 3.94. The second-order valence-electron chi connectivity index (χ2n) is 5.26. The summed E-state index contributed by atoms with van der Waals surface area (Å²) in [7, 11) is 1.96. The highest BCUT2D eigenvalue weighted by atomic mass is 19.1. The molecule has 0 bridgehead atoms. The van der Waals surface area contributed by atoms with E-state index in [0.717, 1.165) is 16.9 Å². The van der Waals surface area contributed by atoms with Crippen molar-refractivity contribution in [3.8, 4) is 0 Å². The topological polar surface area (TPSA) is 29.3 Å². The van der Waals surface area contributed by atoms with E-state index in [9.17, 15) is 4.39 Å². The first-order valence-corrected chi connectivity index (χ1v) is 6.83. The van der Waals surface area contributed by atoms with Crippen LogP contribution >= 0.6 is 0 Å². The summed E-state index contributed by atoms with van der Waals surface area (Å²) in [5, 5.41) is 0. The molecule has 1 atom stereocenters. The molecule has 2 aromatic rings. The number of para-hydroxylation sites is 1. The van der Waals surface area contributed by atoms with Crippen molar-refractivity contribution in [2.24, 2.45) is 5.73 Å². The highest BCUT2D eigenvalue weighted by molar-refractivity contribution is 5.68. The van der Waals surface area contributed by atoms with E-state index in [1.54, 1.807) is 6.07 Å². The van der Waals surface area contributed by atoms with Crippen molar-refractivity contribution in [2.45, 2.75) is 26.3 Å². The summed E-state index contributed by atoms with van der Waals surface area (Å²) in [5.41, 5.74) is 9.62. The molecule has 3 heteroatoms. The number of nitrogens with two attached hydrogens (primary N) is 1. The van der Waals surface area contributed by atoms with Crippen LogP contribution in [0.2, 0.25) is 0 Å². The Kier molecular flexibility index (Phi) is 4.40. The van der Waals surface area contributed by atoms with E-state index in [1.165, 1.54) is 6.07 Å². The number of benzene rings is 2. The van der Waals surface area contributed by atoms with Gasteiger partial charge in [-0.2, -0.15) is 0 Å². The van der Waals surface area contributed by atoms with Gasteiger partial charge >= 0.3 is 0 Å². The molecule has 2 nitrogen and oxygen atoms in total. The Bertz CT molecular complexity index is 593. The second-order valence-corrected chi connectivity index (χ2v) is 5.26. The van der Waals surface area contributed by atoms with Crippen LogP contribution in [-0.4, -0.2) is 13.1 Å². The van der Waals surface area contributed by atoms with Crippen LogP contribution in [0.15, 0.2) is 42.5 Å². The van der Waals surface area contributed by atoms with Crippen molar-refractivity contribution in [1.82, 2.24) is 0 Å². The Balaban J connectivity index is 2.47. The van der Waals surface area contributed by atoms with Gasteiger partial charge in [-0.3, -0.25) is 0 Å². The fraction of sp³-hybridized carbons (Fsp3) is 0.294. The van der Waals surface area contributed by atoms with Crippen molar-refractivity contribution in [1.29, 1.82) is 0 Å². The molecule has 0 aliphatic carbocycles. The largest absolute Gasteiger partial charge is 0.344 e. The normalized spacial score (nSPS) is 12.2. The zero-order chi connectivity index (χ0) is 14.7. The maximum atomic E-state index is 14.1. The van der Waals surface area contributed by atoms with Gasteiger partial charge in [0.1, 0.15) is 5.82 Å². The van der Waals surface area contributed by atoms with Crippen molar-refractivity contribution >= 4 is 11.4 Å². The van der Waals surface area contributed by atoms with Crippen LogP contribution in [0.5, 0.6) is 0 Å². The molecule has 0 saturated heterocycles. The third-order valence-corrected chi connectivity index (χ3v) is 3.46. The van der Waals surface area contributed by atoms with Crippen molar-refractivity contribution in [3.05, 3.63) is 59.4 Å². The summed E-state index contributed by atoms with van der Waals surface area (Å²) >= 11 is 0. The predicted octanol–water partition coefficient (Wildman–Crippen LogP) is 3.79. The molecule has 0 amide bonds. The average Bonchev–Trinajstić information content (AvgIpc) is 2.40. The van der Waals surface area contributed by atoms with Crippen LogP contribution in [0, 0.1) is 12.7 Å². The lowest BCUT2D eigenvalue weighted by Crippen LogP contribution is -2.21. The first kappa shape index (κ1) is 14.5. The molecule has 0 aromatic heterocycles. The lowest BCUT2D eigenvalue weighted by atomic mass is 10.0. The Morgan fingerprint density at radius 1 is 1.10 bits per heavy atom. The van der Waals surface area contributed by atoms with Crippen molar-refractivity contribution in [3.63, 3.8) is 0 Å². The van der Waals surface area contributed by atoms with E-state index >= 15 is 0 Å². The highest BCUT2D eigenvalue weighted by Gasteiger charge is 2.15. The first-order valence-electron chi connectivity index (χ1n) is 6.83. The molecule has 0 aliphatic heterocycles. The standard InChI is InChI=1S/C17H21FN2/c1-12-7-4-5-9-16(12)20(3)17-10-6-8-15(18)14(17)11-13(2)19/h4-10,13H,11,19H2,1-3H3. The molecule has 0 radical (unpaired) electrons. The van der Waals surface area contributed by atoms with Gasteiger partial charge in [0.15, 0.2) is 0 Å². The number of anilines is 2. The maximum absolute atomic E-state index is 14.1. The molecule has 0 spiro atoms. The quantitative estimate of drug-likeness (QED) is 0.917. The molecule has 0 saturated carbocycles. The van der Waals surface area contributed by atoms with Crippen LogP contribution < -0.4 is 10.6 Å². The second kappa shape index (κ2) is 6.06. The van der Waals surface area contributed by atoms with Crippen LogP contribution in [0.1, 0.15) is 18.1 Å². The summed E-state index contributed by atoms with van der Waals surface area (Å²) in [4.78, 5) is 2.02. The summed E-state index contributed by atoms with van der Waals surface area (Å²) in [6, 6.07) is 13.2. The van der Waals surface area contributed by atoms with Gasteiger partial charge in [0.2, 0.25) is 0 Å². The van der Waals surface area contributed by atoms with Gasteiger partial charge in [-0.15, -0.1) is 0 Å². The zero-order valence-electron chi connectivity index (χ0n) is 12.2. The molecule has 0 fully saturated rings. The van der Waals surface area contributed by atoms with E-state index in [4.69, 9.17) is 5.73 Å². The first-order chi connectivity index (χ1) is 9.50. The molecule has 2 N–H and O–H groups in total. The molecule has 0 aliphatic rings. The van der Waals surface area contributed by atoms with Crippen molar-refractivity contribution in [2.75, 3.05) is 11.9 Å². The number of hydrogen-bond donors (Lipinski definition) is 1. The van der Waals surface area contributed by atoms with Gasteiger partial charge in [-0.05, 0) is 44.0 Å². The summed E-state index contributed by atoms with van der Waals surface area (Å²) < 4.78 is 14.1. The fourth-order valence-corrected chi connectivity index (χ4v) is 2.46. The van der Waals surface area contributed by atoms with Gasteiger partial charge in [0.25, 0.3) is 0 Å². The summed E-state index contributed by atoms with van der Waals surface area (Å²) in [5.74, 6) is -0.194. The van der Waals surface area contributed by atoms with Crippen LogP contribution in [0.3, 0.4) is 0 Å². The Morgan fingerprint density at radius 2 is 1.75 bits per heavy atom. The van der Waals surface area contributed by atoms with Gasteiger partial charge < -0.3 is 10.6 Å². The lowest BCUT2D eigenvalue weighted by Gasteiger charge is -2.25. The number of nitrogens with zero attached hydrogens (tertiary/aromatic N) is 1. The Labute approximate surface area is 120 Å². The number of aryl methyl sites for hydroxylation is 1. The molecule has 0 heterocycles. The van der Waals surface area contributed by atoms with E-state index in [2.05, 4.69) is 13.0 Å². The van der Waals surface area contributed by atoms with Crippen LogP contribution in [-0.2, 0) is 6.42 Å². The van der Waals surface area contributed by atoms with Crippen LogP contribution in [0.4, 0.5) is 15.8 Å². The molecular weight excluding hydrogens is 251 g/mol. The van der Waals surface area contributed by atoms with Crippen molar-refractivity contribution < 1.29 is 4.39 Å². The van der Waals surface area contributed by atoms with Gasteiger partial charge in [0.05, 0.1) is 0 Å². The lowest BCUT2D eigenvalue weighted by molar-refractivity contribution is 0.596. The third-order valence-electron chi connectivity index (χ3n) is 3.46. The highest BCUT2D eigenvalue weighted by Crippen LogP contribution is 2.31. The molecule has 20 heavy (non-hydrogen) atoms. The van der Waals surface area contributed by atoms with E-state index in [0.29, 0.717) is 12.0 Å². The molecule has 2 rings (SSSR count). The Hall–Kier alpha value is -1.87. The minimum Gasteiger partial charge on any atom is -0.344 e. The number of rotatable bonds is 4. The third kappa shape index (κ3) is 2.99. The van der Waals surface area contributed by atoms with Gasteiger partial charge in [-0.25, -0.2) is 4.39 Å². The van der Waals surface area contributed by atoms with E-state index < -0.39 is 0 Å². The van der Waals surface area contributed by atoms with E-state index in [-0.39, 0.29) is 11.9 Å². The molecule has 2 aromatic carbocycles. The maximum Gasteiger partial charge on any atom is 0.128 e.